The molecule has 0 atom stereocenters. The number of aromatic nitrogens is 1. The molecule has 0 saturated carbocycles. The number of carbonyl (C=O) groups is 1. The van der Waals surface area contributed by atoms with Gasteiger partial charge in [-0.2, -0.15) is 4.31 Å². The van der Waals surface area contributed by atoms with Gasteiger partial charge >= 0.3 is 0 Å². The van der Waals surface area contributed by atoms with E-state index in [2.05, 4.69) is 27.8 Å². The Bertz CT molecular complexity index is 1130. The van der Waals surface area contributed by atoms with Crippen molar-refractivity contribution in [2.75, 3.05) is 19.6 Å². The number of carbonyl (C=O) groups excluding carboxylic acids is 1. The highest BCUT2D eigenvalue weighted by Gasteiger charge is 2.31. The van der Waals surface area contributed by atoms with Gasteiger partial charge in [-0.3, -0.25) is 4.79 Å². The van der Waals surface area contributed by atoms with Gasteiger partial charge in [-0.25, -0.2) is 13.4 Å². The fourth-order valence-electron chi connectivity index (χ4n) is 3.68. The van der Waals surface area contributed by atoms with Crippen LogP contribution in [0, 0.1) is 12.8 Å². The van der Waals surface area contributed by atoms with E-state index >= 15 is 0 Å². The minimum atomic E-state index is -3.48. The highest BCUT2D eigenvalue weighted by atomic mass is 32.2. The Morgan fingerprint density at radius 3 is 2.58 bits per heavy atom. The zero-order valence-corrected chi connectivity index (χ0v) is 19.7. The molecule has 1 aliphatic heterocycles. The van der Waals surface area contributed by atoms with E-state index in [9.17, 15) is 13.2 Å². The van der Waals surface area contributed by atoms with Crippen LogP contribution in [0.4, 0.5) is 0 Å². The lowest BCUT2D eigenvalue weighted by Crippen LogP contribution is -2.43. The van der Waals surface area contributed by atoms with Crippen LogP contribution >= 0.6 is 22.7 Å². The van der Waals surface area contributed by atoms with Crippen LogP contribution in [-0.4, -0.2) is 43.2 Å². The molecule has 9 heteroatoms. The first-order chi connectivity index (χ1) is 14.9. The second-order valence-electron chi connectivity index (χ2n) is 7.55. The number of amides is 1. The van der Waals surface area contributed by atoms with E-state index in [1.165, 1.54) is 9.18 Å². The molecule has 164 valence electrons. The summed E-state index contributed by atoms with van der Waals surface area (Å²) in [5.41, 5.74) is 1.01. The molecule has 0 bridgehead atoms. The Labute approximate surface area is 191 Å². The monoisotopic (exact) mass is 475 g/mol. The number of hydrogen-bond acceptors (Lipinski definition) is 6. The molecule has 1 aromatic carbocycles. The van der Waals surface area contributed by atoms with Gasteiger partial charge in [0.2, 0.25) is 15.9 Å². The summed E-state index contributed by atoms with van der Waals surface area (Å²) in [6.07, 6.45) is 1.87. The van der Waals surface area contributed by atoms with E-state index in [1.807, 2.05) is 6.92 Å². The van der Waals surface area contributed by atoms with Crippen LogP contribution < -0.4 is 5.32 Å². The van der Waals surface area contributed by atoms with Crippen molar-refractivity contribution in [3.8, 4) is 10.6 Å². The molecule has 1 N–H and O–H groups in total. The number of rotatable bonds is 7. The van der Waals surface area contributed by atoms with E-state index in [0.29, 0.717) is 37.4 Å². The first kappa shape index (κ1) is 22.1. The van der Waals surface area contributed by atoms with Gasteiger partial charge in [-0.05, 0) is 50.5 Å². The highest BCUT2D eigenvalue weighted by Crippen LogP contribution is 2.29. The topological polar surface area (TPSA) is 79.4 Å². The van der Waals surface area contributed by atoms with Crippen molar-refractivity contribution in [3.63, 3.8) is 0 Å². The van der Waals surface area contributed by atoms with Crippen LogP contribution in [0.5, 0.6) is 0 Å². The smallest absolute Gasteiger partial charge is 0.243 e. The molecular formula is C22H25N3O3S3. The molecule has 3 heterocycles. The van der Waals surface area contributed by atoms with E-state index < -0.39 is 10.0 Å². The van der Waals surface area contributed by atoms with Crippen LogP contribution in [0.15, 0.2) is 52.7 Å². The molecule has 31 heavy (non-hydrogen) atoms. The van der Waals surface area contributed by atoms with Crippen molar-refractivity contribution in [1.82, 2.24) is 14.6 Å². The summed E-state index contributed by atoms with van der Waals surface area (Å²) in [6, 6.07) is 12.6. The number of hydrogen-bond donors (Lipinski definition) is 1. The molecular weight excluding hydrogens is 450 g/mol. The third-order valence-corrected chi connectivity index (χ3v) is 9.26. The number of sulfonamides is 1. The molecule has 1 fully saturated rings. The lowest BCUT2D eigenvalue weighted by molar-refractivity contribution is -0.126. The maximum Gasteiger partial charge on any atom is 0.243 e. The number of thiazole rings is 1. The number of piperidine rings is 1. The molecule has 1 saturated heterocycles. The van der Waals surface area contributed by atoms with Crippen LogP contribution in [0.2, 0.25) is 0 Å². The molecule has 2 aromatic heterocycles. The lowest BCUT2D eigenvalue weighted by atomic mass is 9.97. The Morgan fingerprint density at radius 2 is 1.90 bits per heavy atom. The van der Waals surface area contributed by atoms with Crippen molar-refractivity contribution < 1.29 is 13.2 Å². The fourth-order valence-corrected chi connectivity index (χ4v) is 6.83. The molecule has 0 spiro atoms. The molecule has 1 aliphatic rings. The van der Waals surface area contributed by atoms with Crippen LogP contribution in [0.3, 0.4) is 0 Å². The predicted molar refractivity (Wildman–Crippen MR) is 125 cm³/mol. The van der Waals surface area contributed by atoms with Crippen molar-refractivity contribution in [3.05, 3.63) is 57.7 Å². The highest BCUT2D eigenvalue weighted by molar-refractivity contribution is 7.89. The number of aryl methyl sites for hydroxylation is 1. The summed E-state index contributed by atoms with van der Waals surface area (Å²) < 4.78 is 26.9. The van der Waals surface area contributed by atoms with Gasteiger partial charge in [-0.1, -0.05) is 18.2 Å². The van der Waals surface area contributed by atoms with Gasteiger partial charge in [0.05, 0.1) is 20.5 Å². The lowest BCUT2D eigenvalue weighted by Gasteiger charge is -2.30. The van der Waals surface area contributed by atoms with Gasteiger partial charge in [0.15, 0.2) is 0 Å². The first-order valence-electron chi connectivity index (χ1n) is 10.3. The van der Waals surface area contributed by atoms with Gasteiger partial charge in [0.25, 0.3) is 0 Å². The standard InChI is InChI=1S/C22H25N3O3S3/c1-16-24-20(15-29-16)21-8-7-18(30-21)9-12-23-22(26)17-10-13-25(14-11-17)31(27,28)19-5-3-2-4-6-19/h2-8,15,17H,9-14H2,1H3,(H,23,26). The molecule has 0 unspecified atom stereocenters. The number of nitrogens with zero attached hydrogens (tertiary/aromatic N) is 2. The third kappa shape index (κ3) is 5.23. The summed E-state index contributed by atoms with van der Waals surface area (Å²) in [6.45, 7) is 3.32. The second kappa shape index (κ2) is 9.60. The Balaban J connectivity index is 1.24. The Morgan fingerprint density at radius 1 is 1.16 bits per heavy atom. The molecule has 0 radical (unpaired) electrons. The van der Waals surface area contributed by atoms with Crippen LogP contribution in [0.25, 0.3) is 10.6 Å². The SMILES string of the molecule is Cc1nc(-c2ccc(CCNC(=O)C3CCN(S(=O)(=O)c4ccccc4)CC3)s2)cs1. The normalized spacial score (nSPS) is 15.8. The average molecular weight is 476 g/mol. The van der Waals surface area contributed by atoms with Crippen molar-refractivity contribution in [1.29, 1.82) is 0 Å². The minimum absolute atomic E-state index is 0.0173. The number of benzene rings is 1. The van der Waals surface area contributed by atoms with Crippen LogP contribution in [0.1, 0.15) is 22.7 Å². The largest absolute Gasteiger partial charge is 0.355 e. The third-order valence-electron chi connectivity index (χ3n) is 5.41. The van der Waals surface area contributed by atoms with Gasteiger partial charge in [0.1, 0.15) is 0 Å². The van der Waals surface area contributed by atoms with Gasteiger partial charge in [0, 0.05) is 35.8 Å². The Kier molecular flexibility index (Phi) is 6.86. The van der Waals surface area contributed by atoms with Crippen LogP contribution in [-0.2, 0) is 21.2 Å². The summed E-state index contributed by atoms with van der Waals surface area (Å²) >= 11 is 3.35. The van der Waals surface area contributed by atoms with Crippen molar-refractivity contribution in [2.45, 2.75) is 31.1 Å². The van der Waals surface area contributed by atoms with E-state index in [1.54, 1.807) is 53.0 Å². The minimum Gasteiger partial charge on any atom is -0.355 e. The number of nitrogens with one attached hydrogen (secondary N) is 1. The van der Waals surface area contributed by atoms with E-state index in [4.69, 9.17) is 0 Å². The Hall–Kier alpha value is -2.07. The number of thiophene rings is 1. The first-order valence-corrected chi connectivity index (χ1v) is 13.4. The van der Waals surface area contributed by atoms with Gasteiger partial charge < -0.3 is 5.32 Å². The predicted octanol–water partition coefficient (Wildman–Crippen LogP) is 3.94. The molecule has 3 aromatic rings. The molecule has 4 rings (SSSR count). The van der Waals surface area contributed by atoms with Crippen molar-refractivity contribution in [2.24, 2.45) is 5.92 Å². The van der Waals surface area contributed by atoms with Crippen molar-refractivity contribution >= 4 is 38.6 Å². The summed E-state index contributed by atoms with van der Waals surface area (Å²) in [5.74, 6) is -0.122. The average Bonchev–Trinajstić information content (AvgIpc) is 3.43. The maximum absolute atomic E-state index is 12.7. The van der Waals surface area contributed by atoms with E-state index in [0.717, 1.165) is 22.0 Å². The summed E-state index contributed by atoms with van der Waals surface area (Å²) in [5, 5.41) is 6.15. The molecule has 6 nitrogen and oxygen atoms in total. The maximum atomic E-state index is 12.7. The summed E-state index contributed by atoms with van der Waals surface area (Å²) in [7, 11) is -3.48. The molecule has 0 aliphatic carbocycles. The van der Waals surface area contributed by atoms with E-state index in [-0.39, 0.29) is 11.8 Å². The summed E-state index contributed by atoms with van der Waals surface area (Å²) in [4.78, 5) is 19.7. The zero-order chi connectivity index (χ0) is 21.8. The fraction of sp³-hybridized carbons (Fsp3) is 0.364. The zero-order valence-electron chi connectivity index (χ0n) is 17.3. The second-order valence-corrected chi connectivity index (χ2v) is 11.7. The quantitative estimate of drug-likeness (QED) is 0.561. The van der Waals surface area contributed by atoms with Gasteiger partial charge in [-0.15, -0.1) is 22.7 Å². The molecule has 1 amide bonds.